The number of unbranched alkanes of at least 4 members (excludes halogenated alkanes) is 1. The topological polar surface area (TPSA) is 107 Å². The fourth-order valence-corrected chi connectivity index (χ4v) is 3.85. The molecule has 0 heterocycles. The largest absolute Gasteiger partial charge is 0.478 e. The van der Waals surface area contributed by atoms with Crippen molar-refractivity contribution in [1.29, 1.82) is 0 Å². The van der Waals surface area contributed by atoms with Gasteiger partial charge in [0.15, 0.2) is 0 Å². The zero-order valence-electron chi connectivity index (χ0n) is 21.3. The lowest BCUT2D eigenvalue weighted by Gasteiger charge is -2.32. The minimum atomic E-state index is -1.26. The van der Waals surface area contributed by atoms with Crippen molar-refractivity contribution in [3.63, 3.8) is 0 Å². The molecular formula is C27H37ClN2O6. The summed E-state index contributed by atoms with van der Waals surface area (Å²) < 4.78 is 5.44. The maximum atomic E-state index is 12.4. The molecule has 1 aliphatic rings. The number of halogens is 1. The first-order valence-corrected chi connectivity index (χ1v) is 12.5. The monoisotopic (exact) mass is 520 g/mol. The summed E-state index contributed by atoms with van der Waals surface area (Å²) in [4.78, 5) is 35.6. The van der Waals surface area contributed by atoms with Crippen LogP contribution in [0.5, 0.6) is 5.75 Å². The molecule has 0 aliphatic heterocycles. The summed E-state index contributed by atoms with van der Waals surface area (Å²) in [5.74, 6) is 5.28. The first kappa shape index (κ1) is 31.0. The van der Waals surface area contributed by atoms with Gasteiger partial charge < -0.3 is 24.7 Å². The van der Waals surface area contributed by atoms with E-state index in [-0.39, 0.29) is 12.1 Å². The van der Waals surface area contributed by atoms with E-state index in [1.54, 1.807) is 29.2 Å². The van der Waals surface area contributed by atoms with Gasteiger partial charge in [-0.15, -0.1) is 5.92 Å². The Kier molecular flexibility index (Phi) is 15.0. The van der Waals surface area contributed by atoms with E-state index in [2.05, 4.69) is 30.7 Å². The molecule has 0 bridgehead atoms. The summed E-state index contributed by atoms with van der Waals surface area (Å²) in [6.07, 6.45) is 8.16. The first-order valence-electron chi connectivity index (χ1n) is 12.1. The van der Waals surface area contributed by atoms with Crippen molar-refractivity contribution in [2.45, 2.75) is 57.9 Å². The van der Waals surface area contributed by atoms with Gasteiger partial charge in [-0.2, -0.15) is 0 Å². The second-order valence-electron chi connectivity index (χ2n) is 8.68. The SMILES string of the molecule is CCCN(C)CCCC#CC1CCC(N(C)C(=O)Oc2ccc(Cl)cc2)CC1.O=C(O)/C=C/C(=O)O. The molecule has 9 heteroatoms. The molecule has 198 valence electrons. The van der Waals surface area contributed by atoms with Crippen molar-refractivity contribution in [3.05, 3.63) is 41.4 Å². The van der Waals surface area contributed by atoms with Crippen LogP contribution in [-0.4, -0.2) is 71.3 Å². The number of aliphatic carboxylic acids is 2. The van der Waals surface area contributed by atoms with E-state index in [9.17, 15) is 14.4 Å². The van der Waals surface area contributed by atoms with Gasteiger partial charge in [0.2, 0.25) is 0 Å². The minimum Gasteiger partial charge on any atom is -0.478 e. The number of amides is 1. The van der Waals surface area contributed by atoms with Gasteiger partial charge in [0.25, 0.3) is 0 Å². The van der Waals surface area contributed by atoms with Crippen molar-refractivity contribution in [1.82, 2.24) is 9.80 Å². The molecule has 0 unspecified atom stereocenters. The summed E-state index contributed by atoms with van der Waals surface area (Å²) in [6, 6.07) is 7.08. The van der Waals surface area contributed by atoms with Crippen LogP contribution in [0.15, 0.2) is 36.4 Å². The molecule has 1 fully saturated rings. The number of carbonyl (C=O) groups excluding carboxylic acids is 1. The van der Waals surface area contributed by atoms with Gasteiger partial charge in [-0.05, 0) is 82.9 Å². The maximum Gasteiger partial charge on any atom is 0.415 e. The zero-order valence-corrected chi connectivity index (χ0v) is 22.0. The van der Waals surface area contributed by atoms with E-state index >= 15 is 0 Å². The molecule has 36 heavy (non-hydrogen) atoms. The lowest BCUT2D eigenvalue weighted by molar-refractivity contribution is -0.134. The molecule has 1 aromatic carbocycles. The molecule has 1 aromatic rings. The number of hydrogen-bond acceptors (Lipinski definition) is 5. The molecule has 0 atom stereocenters. The smallest absolute Gasteiger partial charge is 0.415 e. The lowest BCUT2D eigenvalue weighted by Crippen LogP contribution is -2.40. The average molecular weight is 521 g/mol. The van der Waals surface area contributed by atoms with Crippen LogP contribution in [0.25, 0.3) is 0 Å². The fourth-order valence-electron chi connectivity index (χ4n) is 3.72. The Balaban J connectivity index is 0.000000697. The number of hydrogen-bond donors (Lipinski definition) is 2. The normalized spacial score (nSPS) is 16.9. The Labute approximate surface area is 218 Å². The summed E-state index contributed by atoms with van der Waals surface area (Å²) in [7, 11) is 3.99. The second kappa shape index (κ2) is 17.4. The van der Waals surface area contributed by atoms with E-state index < -0.39 is 11.9 Å². The van der Waals surface area contributed by atoms with Gasteiger partial charge in [0.1, 0.15) is 5.75 Å². The molecule has 0 radical (unpaired) electrons. The van der Waals surface area contributed by atoms with Gasteiger partial charge in [-0.1, -0.05) is 24.4 Å². The predicted octanol–water partition coefficient (Wildman–Crippen LogP) is 5.17. The molecule has 0 aromatic heterocycles. The molecule has 2 N–H and O–H groups in total. The third-order valence-corrected chi connectivity index (χ3v) is 5.92. The number of ether oxygens (including phenoxy) is 1. The molecule has 0 saturated heterocycles. The van der Waals surface area contributed by atoms with E-state index in [0.717, 1.165) is 51.6 Å². The van der Waals surface area contributed by atoms with Crippen LogP contribution in [0.3, 0.4) is 0 Å². The van der Waals surface area contributed by atoms with Crippen molar-refractivity contribution in [2.24, 2.45) is 5.92 Å². The highest BCUT2D eigenvalue weighted by Crippen LogP contribution is 2.27. The average Bonchev–Trinajstić information content (AvgIpc) is 2.84. The first-order chi connectivity index (χ1) is 17.1. The number of benzene rings is 1. The van der Waals surface area contributed by atoms with Crippen LogP contribution in [0, 0.1) is 17.8 Å². The van der Waals surface area contributed by atoms with Crippen molar-refractivity contribution in [3.8, 4) is 17.6 Å². The van der Waals surface area contributed by atoms with Crippen LogP contribution < -0.4 is 4.74 Å². The summed E-state index contributed by atoms with van der Waals surface area (Å²) >= 11 is 5.86. The Hall–Kier alpha value is -3.02. The number of rotatable bonds is 9. The number of nitrogens with zero attached hydrogens (tertiary/aromatic N) is 2. The third kappa shape index (κ3) is 13.8. The van der Waals surface area contributed by atoms with Gasteiger partial charge in [-0.25, -0.2) is 14.4 Å². The predicted molar refractivity (Wildman–Crippen MR) is 140 cm³/mol. The van der Waals surface area contributed by atoms with Crippen LogP contribution in [0.4, 0.5) is 4.79 Å². The van der Waals surface area contributed by atoms with Gasteiger partial charge >= 0.3 is 18.0 Å². The number of carbonyl (C=O) groups is 3. The quantitative estimate of drug-likeness (QED) is 0.263. The van der Waals surface area contributed by atoms with Crippen LogP contribution in [-0.2, 0) is 9.59 Å². The molecule has 1 amide bonds. The van der Waals surface area contributed by atoms with Crippen molar-refractivity contribution >= 4 is 29.6 Å². The molecule has 1 aliphatic carbocycles. The van der Waals surface area contributed by atoms with Crippen LogP contribution in [0.1, 0.15) is 51.9 Å². The van der Waals surface area contributed by atoms with Gasteiger partial charge in [-0.3, -0.25) is 0 Å². The molecule has 0 spiro atoms. The van der Waals surface area contributed by atoms with E-state index in [4.69, 9.17) is 26.6 Å². The highest BCUT2D eigenvalue weighted by Gasteiger charge is 2.26. The second-order valence-corrected chi connectivity index (χ2v) is 9.11. The van der Waals surface area contributed by atoms with Crippen LogP contribution >= 0.6 is 11.6 Å². The van der Waals surface area contributed by atoms with E-state index in [0.29, 0.717) is 28.8 Å². The summed E-state index contributed by atoms with van der Waals surface area (Å²) in [5.41, 5.74) is 0. The van der Waals surface area contributed by atoms with Crippen LogP contribution in [0.2, 0.25) is 5.02 Å². The third-order valence-electron chi connectivity index (χ3n) is 5.67. The van der Waals surface area contributed by atoms with Crippen molar-refractivity contribution < 1.29 is 29.3 Å². The summed E-state index contributed by atoms with van der Waals surface area (Å²) in [5, 5.41) is 16.2. The van der Waals surface area contributed by atoms with Crippen molar-refractivity contribution in [2.75, 3.05) is 27.2 Å². The Bertz CT molecular complexity index is 898. The summed E-state index contributed by atoms with van der Waals surface area (Å²) in [6.45, 7) is 4.49. The van der Waals surface area contributed by atoms with Gasteiger partial charge in [0.05, 0.1) is 0 Å². The highest BCUT2D eigenvalue weighted by atomic mass is 35.5. The zero-order chi connectivity index (χ0) is 26.9. The molecule has 8 nitrogen and oxygen atoms in total. The number of carboxylic acids is 2. The lowest BCUT2D eigenvalue weighted by atomic mass is 9.86. The molecule has 2 rings (SSSR count). The minimum absolute atomic E-state index is 0.223. The van der Waals surface area contributed by atoms with E-state index in [1.807, 2.05) is 7.05 Å². The van der Waals surface area contributed by atoms with E-state index in [1.165, 1.54) is 6.42 Å². The molecule has 1 saturated carbocycles. The Morgan fingerprint density at radius 2 is 1.61 bits per heavy atom. The Morgan fingerprint density at radius 1 is 1.03 bits per heavy atom. The standard InChI is InChI=1S/C23H33ClN2O2.C4H4O4/c1-4-17-25(2)18-7-5-6-8-19-9-13-21(14-10-19)26(3)23(27)28-22-15-11-20(24)12-16-22;5-3(6)1-2-4(7)8/h11-12,15-16,19,21H,4-5,7,9-10,13-14,17-18H2,1-3H3;1-2H,(H,5,6)(H,7,8)/b;2-1+. The van der Waals surface area contributed by atoms with Gasteiger partial charge in [0, 0.05) is 42.6 Å². The number of carboxylic acid groups (broad SMARTS) is 2. The highest BCUT2D eigenvalue weighted by molar-refractivity contribution is 6.30. The fraction of sp³-hybridized carbons (Fsp3) is 0.519. The molecular weight excluding hydrogens is 484 g/mol. The maximum absolute atomic E-state index is 12.4. The Morgan fingerprint density at radius 3 is 2.14 bits per heavy atom.